The van der Waals surface area contributed by atoms with Gasteiger partial charge in [-0.15, -0.1) is 0 Å². The molecule has 0 aliphatic carbocycles. The lowest BCUT2D eigenvalue weighted by atomic mass is 10.00. The van der Waals surface area contributed by atoms with Crippen molar-refractivity contribution in [2.24, 2.45) is 0 Å². The molecule has 4 heteroatoms. The number of aryl methyl sites for hydroxylation is 3. The SMILES string of the molecule is Cc1cc(C)c(N2CC(C)NC(=O)C2CO)c(C)c1. The van der Waals surface area contributed by atoms with E-state index < -0.39 is 6.04 Å². The molecule has 104 valence electrons. The molecule has 1 aliphatic heterocycles. The Morgan fingerprint density at radius 1 is 1.32 bits per heavy atom. The van der Waals surface area contributed by atoms with Crippen LogP contribution in [0.1, 0.15) is 23.6 Å². The van der Waals surface area contributed by atoms with Crippen LogP contribution >= 0.6 is 0 Å². The highest BCUT2D eigenvalue weighted by Crippen LogP contribution is 2.29. The molecule has 1 aromatic rings. The fourth-order valence-corrected chi connectivity index (χ4v) is 3.00. The van der Waals surface area contributed by atoms with E-state index in [0.29, 0.717) is 0 Å². The number of nitrogens with zero attached hydrogens (tertiary/aromatic N) is 1. The number of carbonyl (C=O) groups is 1. The quantitative estimate of drug-likeness (QED) is 0.844. The van der Waals surface area contributed by atoms with E-state index in [2.05, 4.69) is 38.2 Å². The second kappa shape index (κ2) is 5.21. The van der Waals surface area contributed by atoms with Gasteiger partial charge in [-0.2, -0.15) is 0 Å². The molecule has 0 aromatic heterocycles. The number of aliphatic hydroxyl groups excluding tert-OH is 1. The average molecular weight is 262 g/mol. The Labute approximate surface area is 114 Å². The molecule has 0 bridgehead atoms. The molecule has 19 heavy (non-hydrogen) atoms. The van der Waals surface area contributed by atoms with Gasteiger partial charge < -0.3 is 15.3 Å². The molecular weight excluding hydrogens is 240 g/mol. The number of carbonyl (C=O) groups excluding carboxylic acids is 1. The number of rotatable bonds is 2. The van der Waals surface area contributed by atoms with Gasteiger partial charge >= 0.3 is 0 Å². The number of aliphatic hydroxyl groups is 1. The topological polar surface area (TPSA) is 52.6 Å². The summed E-state index contributed by atoms with van der Waals surface area (Å²) in [6.07, 6.45) is 0. The molecule has 1 amide bonds. The van der Waals surface area contributed by atoms with Crippen LogP contribution in [0.15, 0.2) is 12.1 Å². The van der Waals surface area contributed by atoms with Crippen LogP contribution in [-0.4, -0.2) is 36.2 Å². The molecule has 0 radical (unpaired) electrons. The van der Waals surface area contributed by atoms with Crippen LogP contribution in [0, 0.1) is 20.8 Å². The van der Waals surface area contributed by atoms with Crippen LogP contribution in [0.5, 0.6) is 0 Å². The van der Waals surface area contributed by atoms with Crippen LogP contribution in [0.3, 0.4) is 0 Å². The smallest absolute Gasteiger partial charge is 0.245 e. The third kappa shape index (κ3) is 2.59. The summed E-state index contributed by atoms with van der Waals surface area (Å²) in [4.78, 5) is 14.0. The van der Waals surface area contributed by atoms with E-state index in [-0.39, 0.29) is 18.6 Å². The van der Waals surface area contributed by atoms with Crippen molar-refractivity contribution in [2.45, 2.75) is 39.8 Å². The molecule has 2 rings (SSSR count). The number of nitrogens with one attached hydrogen (secondary N) is 1. The highest BCUT2D eigenvalue weighted by molar-refractivity contribution is 5.87. The number of hydrogen-bond acceptors (Lipinski definition) is 3. The fraction of sp³-hybridized carbons (Fsp3) is 0.533. The van der Waals surface area contributed by atoms with Crippen molar-refractivity contribution >= 4 is 11.6 Å². The summed E-state index contributed by atoms with van der Waals surface area (Å²) in [5.41, 5.74) is 4.59. The van der Waals surface area contributed by atoms with Crippen LogP contribution in [0.2, 0.25) is 0 Å². The Morgan fingerprint density at radius 3 is 2.42 bits per heavy atom. The standard InChI is InChI=1S/C15H22N2O2/c1-9-5-10(2)14(11(3)6-9)17-7-12(4)16-15(19)13(17)8-18/h5-6,12-13,18H,7-8H2,1-4H3,(H,16,19). The molecule has 4 nitrogen and oxygen atoms in total. The van der Waals surface area contributed by atoms with Crippen molar-refractivity contribution < 1.29 is 9.90 Å². The minimum atomic E-state index is -0.490. The van der Waals surface area contributed by atoms with Gasteiger partial charge in [0, 0.05) is 18.3 Å². The first-order chi connectivity index (χ1) is 8.93. The van der Waals surface area contributed by atoms with Gasteiger partial charge in [-0.25, -0.2) is 0 Å². The number of hydrogen-bond donors (Lipinski definition) is 2. The predicted molar refractivity (Wildman–Crippen MR) is 76.5 cm³/mol. The van der Waals surface area contributed by atoms with E-state index in [1.165, 1.54) is 5.56 Å². The number of anilines is 1. The molecule has 2 unspecified atom stereocenters. The van der Waals surface area contributed by atoms with Gasteiger partial charge in [-0.3, -0.25) is 4.79 Å². The normalized spacial score (nSPS) is 23.4. The van der Waals surface area contributed by atoms with Gasteiger partial charge in [0.1, 0.15) is 6.04 Å². The summed E-state index contributed by atoms with van der Waals surface area (Å²) in [7, 11) is 0. The maximum atomic E-state index is 12.0. The summed E-state index contributed by atoms with van der Waals surface area (Å²) in [6, 6.07) is 3.84. The summed E-state index contributed by atoms with van der Waals surface area (Å²) in [6.45, 7) is 8.73. The molecular formula is C15H22N2O2. The summed E-state index contributed by atoms with van der Waals surface area (Å²) in [5, 5.41) is 12.4. The zero-order chi connectivity index (χ0) is 14.2. The van der Waals surface area contributed by atoms with E-state index in [9.17, 15) is 9.90 Å². The first-order valence-electron chi connectivity index (χ1n) is 6.69. The summed E-state index contributed by atoms with van der Waals surface area (Å²) >= 11 is 0. The van der Waals surface area contributed by atoms with Crippen molar-refractivity contribution in [3.8, 4) is 0 Å². The zero-order valence-corrected chi connectivity index (χ0v) is 12.0. The van der Waals surface area contributed by atoms with Gasteiger partial charge in [-0.1, -0.05) is 17.7 Å². The maximum absolute atomic E-state index is 12.0. The summed E-state index contributed by atoms with van der Waals surface area (Å²) in [5.74, 6) is -0.0966. The monoisotopic (exact) mass is 262 g/mol. The van der Waals surface area contributed by atoms with E-state index in [0.717, 1.165) is 23.4 Å². The second-order valence-corrected chi connectivity index (χ2v) is 5.51. The highest BCUT2D eigenvalue weighted by atomic mass is 16.3. The van der Waals surface area contributed by atoms with E-state index in [4.69, 9.17) is 0 Å². The minimum Gasteiger partial charge on any atom is -0.394 e. The van der Waals surface area contributed by atoms with Crippen LogP contribution in [0.25, 0.3) is 0 Å². The Morgan fingerprint density at radius 2 is 1.89 bits per heavy atom. The number of amides is 1. The van der Waals surface area contributed by atoms with Crippen molar-refractivity contribution in [3.63, 3.8) is 0 Å². The van der Waals surface area contributed by atoms with Crippen molar-refractivity contribution in [2.75, 3.05) is 18.1 Å². The van der Waals surface area contributed by atoms with E-state index in [1.807, 2.05) is 11.8 Å². The van der Waals surface area contributed by atoms with Crippen molar-refractivity contribution in [1.82, 2.24) is 5.32 Å². The summed E-state index contributed by atoms with van der Waals surface area (Å²) < 4.78 is 0. The molecule has 1 saturated heterocycles. The van der Waals surface area contributed by atoms with Gasteiger partial charge in [0.2, 0.25) is 5.91 Å². The van der Waals surface area contributed by atoms with E-state index >= 15 is 0 Å². The second-order valence-electron chi connectivity index (χ2n) is 5.51. The van der Waals surface area contributed by atoms with Crippen LogP contribution in [0.4, 0.5) is 5.69 Å². The first kappa shape index (κ1) is 13.9. The van der Waals surface area contributed by atoms with Gasteiger partial charge in [0.25, 0.3) is 0 Å². The lowest BCUT2D eigenvalue weighted by Crippen LogP contribution is -2.61. The molecule has 1 aliphatic rings. The predicted octanol–water partition coefficient (Wildman–Crippen LogP) is 1.30. The molecule has 2 atom stereocenters. The fourth-order valence-electron chi connectivity index (χ4n) is 3.00. The Hall–Kier alpha value is -1.55. The minimum absolute atomic E-state index is 0.0930. The number of benzene rings is 1. The van der Waals surface area contributed by atoms with Crippen molar-refractivity contribution in [1.29, 1.82) is 0 Å². The third-order valence-corrected chi connectivity index (χ3v) is 3.63. The Bertz CT molecular complexity index is 476. The third-order valence-electron chi connectivity index (χ3n) is 3.63. The lowest BCUT2D eigenvalue weighted by molar-refractivity contribution is -0.125. The molecule has 0 spiro atoms. The Balaban J connectivity index is 2.46. The van der Waals surface area contributed by atoms with E-state index in [1.54, 1.807) is 0 Å². The van der Waals surface area contributed by atoms with Crippen LogP contribution in [-0.2, 0) is 4.79 Å². The highest BCUT2D eigenvalue weighted by Gasteiger charge is 2.33. The molecule has 1 fully saturated rings. The van der Waals surface area contributed by atoms with Gasteiger partial charge in [-0.05, 0) is 38.8 Å². The molecule has 1 heterocycles. The molecule has 0 saturated carbocycles. The molecule has 1 aromatic carbocycles. The Kier molecular flexibility index (Phi) is 3.80. The van der Waals surface area contributed by atoms with Crippen molar-refractivity contribution in [3.05, 3.63) is 28.8 Å². The van der Waals surface area contributed by atoms with Gasteiger partial charge in [0.05, 0.1) is 6.61 Å². The number of piperazine rings is 1. The molecule has 2 N–H and O–H groups in total. The zero-order valence-electron chi connectivity index (χ0n) is 12.0. The lowest BCUT2D eigenvalue weighted by Gasteiger charge is -2.40. The largest absolute Gasteiger partial charge is 0.394 e. The first-order valence-corrected chi connectivity index (χ1v) is 6.69. The van der Waals surface area contributed by atoms with Crippen LogP contribution < -0.4 is 10.2 Å². The average Bonchev–Trinajstić information content (AvgIpc) is 2.26. The maximum Gasteiger partial charge on any atom is 0.245 e. The van der Waals surface area contributed by atoms with Gasteiger partial charge in [0.15, 0.2) is 0 Å².